The first-order valence-corrected chi connectivity index (χ1v) is 9.78. The molecule has 1 amide bonds. The van der Waals surface area contributed by atoms with Gasteiger partial charge in [-0.15, -0.1) is 0 Å². The molecule has 2 N–H and O–H groups in total. The first-order chi connectivity index (χ1) is 14.3. The highest BCUT2D eigenvalue weighted by atomic mass is 35.5. The van der Waals surface area contributed by atoms with Crippen LogP contribution in [-0.2, 0) is 22.6 Å². The molecule has 2 aromatic carbocycles. The van der Waals surface area contributed by atoms with E-state index in [4.69, 9.17) is 16.7 Å². The molecule has 1 heterocycles. The molecule has 0 atom stereocenters. The summed E-state index contributed by atoms with van der Waals surface area (Å²) in [6.07, 6.45) is 3.15. The zero-order valence-electron chi connectivity index (χ0n) is 16.7. The monoisotopic (exact) mass is 423 g/mol. The van der Waals surface area contributed by atoms with Crippen LogP contribution in [-0.4, -0.2) is 26.8 Å². The van der Waals surface area contributed by atoms with Gasteiger partial charge in [0.15, 0.2) is 0 Å². The highest BCUT2D eigenvalue weighted by Crippen LogP contribution is 2.23. The molecule has 0 saturated heterocycles. The zero-order chi connectivity index (χ0) is 21.7. The maximum absolute atomic E-state index is 12.1. The number of hydrogen-bond acceptors (Lipinski definition) is 3. The van der Waals surface area contributed by atoms with Gasteiger partial charge in [0.2, 0.25) is 5.91 Å². The quantitative estimate of drug-likeness (QED) is 0.549. The van der Waals surface area contributed by atoms with Gasteiger partial charge in [-0.25, -0.2) is 0 Å². The van der Waals surface area contributed by atoms with E-state index in [1.54, 1.807) is 29.8 Å². The Hall–Kier alpha value is -3.38. The third-order valence-electron chi connectivity index (χ3n) is 4.73. The van der Waals surface area contributed by atoms with E-state index in [0.29, 0.717) is 28.5 Å². The smallest absolute Gasteiger partial charge is 0.307 e. The van der Waals surface area contributed by atoms with Gasteiger partial charge in [0.05, 0.1) is 18.7 Å². The molecule has 0 radical (unpaired) electrons. The lowest BCUT2D eigenvalue weighted by atomic mass is 10.1. The number of amides is 1. The first-order valence-electron chi connectivity index (χ1n) is 9.40. The molecule has 6 nitrogen and oxygen atoms in total. The van der Waals surface area contributed by atoms with E-state index in [2.05, 4.69) is 10.4 Å². The Morgan fingerprint density at radius 3 is 2.57 bits per heavy atom. The molecule has 0 spiro atoms. The van der Waals surface area contributed by atoms with Crippen LogP contribution in [0.5, 0.6) is 0 Å². The highest BCUT2D eigenvalue weighted by molar-refractivity contribution is 6.31. The number of carboxylic acids is 1. The summed E-state index contributed by atoms with van der Waals surface area (Å²) in [5.41, 5.74) is 4.56. The Labute approximate surface area is 179 Å². The molecule has 0 aliphatic rings. The van der Waals surface area contributed by atoms with Crippen LogP contribution in [0.2, 0.25) is 5.02 Å². The third kappa shape index (κ3) is 5.36. The number of carbonyl (C=O) groups is 2. The normalized spacial score (nSPS) is 11.0. The van der Waals surface area contributed by atoms with Crippen LogP contribution in [0, 0.1) is 13.8 Å². The standard InChI is InChI=1S/C23H22ClN3O3/c1-15-20(13-23(29)30)16(2)27(26-15)14-18-9-10-19(12-21(18)24)25-22(28)11-8-17-6-4-3-5-7-17/h3-12H,13-14H2,1-2H3,(H,25,28)(H,29,30). The minimum Gasteiger partial charge on any atom is -0.481 e. The van der Waals surface area contributed by atoms with Crippen molar-refractivity contribution in [1.29, 1.82) is 0 Å². The number of aryl methyl sites for hydroxylation is 1. The Morgan fingerprint density at radius 1 is 1.17 bits per heavy atom. The summed E-state index contributed by atoms with van der Waals surface area (Å²) in [6.45, 7) is 4.05. The Kier molecular flexibility index (Phi) is 6.69. The highest BCUT2D eigenvalue weighted by Gasteiger charge is 2.15. The van der Waals surface area contributed by atoms with Gasteiger partial charge in [0.1, 0.15) is 0 Å². The topological polar surface area (TPSA) is 84.2 Å². The Bertz CT molecular complexity index is 1100. The number of anilines is 1. The molecule has 0 saturated carbocycles. The summed E-state index contributed by atoms with van der Waals surface area (Å²) >= 11 is 6.41. The molecular weight excluding hydrogens is 402 g/mol. The number of carboxylic acid groups (broad SMARTS) is 1. The minimum absolute atomic E-state index is 0.0626. The molecule has 30 heavy (non-hydrogen) atoms. The molecule has 0 fully saturated rings. The molecule has 0 aliphatic heterocycles. The van der Waals surface area contributed by atoms with E-state index in [-0.39, 0.29) is 12.3 Å². The van der Waals surface area contributed by atoms with Crippen molar-refractivity contribution in [2.45, 2.75) is 26.8 Å². The van der Waals surface area contributed by atoms with Gasteiger partial charge < -0.3 is 10.4 Å². The lowest BCUT2D eigenvalue weighted by Gasteiger charge is -2.10. The van der Waals surface area contributed by atoms with Crippen LogP contribution in [0.3, 0.4) is 0 Å². The molecule has 3 rings (SSSR count). The maximum atomic E-state index is 12.1. The van der Waals surface area contributed by atoms with Crippen LogP contribution in [0.1, 0.15) is 28.1 Å². The molecule has 1 aromatic heterocycles. The van der Waals surface area contributed by atoms with Crippen molar-refractivity contribution in [3.63, 3.8) is 0 Å². The Morgan fingerprint density at radius 2 is 1.90 bits per heavy atom. The van der Waals surface area contributed by atoms with E-state index < -0.39 is 5.97 Å². The molecule has 3 aromatic rings. The second-order valence-corrected chi connectivity index (χ2v) is 7.32. The van der Waals surface area contributed by atoms with Crippen LogP contribution >= 0.6 is 11.6 Å². The van der Waals surface area contributed by atoms with Gasteiger partial charge in [-0.2, -0.15) is 5.10 Å². The van der Waals surface area contributed by atoms with Crippen LogP contribution in [0.4, 0.5) is 5.69 Å². The molecular formula is C23H22ClN3O3. The molecule has 0 unspecified atom stereocenters. The number of nitrogens with zero attached hydrogens (tertiary/aromatic N) is 2. The summed E-state index contributed by atoms with van der Waals surface area (Å²) in [5, 5.41) is 16.8. The number of nitrogens with one attached hydrogen (secondary N) is 1. The van der Waals surface area contributed by atoms with E-state index in [0.717, 1.165) is 16.8 Å². The Balaban J connectivity index is 1.69. The number of hydrogen-bond donors (Lipinski definition) is 2. The van der Waals surface area contributed by atoms with Gasteiger partial charge in [-0.1, -0.05) is 48.0 Å². The SMILES string of the molecule is Cc1nn(Cc2ccc(NC(=O)C=Cc3ccccc3)cc2Cl)c(C)c1CC(=O)O. The predicted molar refractivity (Wildman–Crippen MR) is 118 cm³/mol. The maximum Gasteiger partial charge on any atom is 0.307 e. The van der Waals surface area contributed by atoms with E-state index in [9.17, 15) is 9.59 Å². The van der Waals surface area contributed by atoms with Crippen molar-refractivity contribution in [3.05, 3.63) is 87.7 Å². The molecule has 0 aliphatic carbocycles. The number of rotatable bonds is 7. The minimum atomic E-state index is -0.889. The summed E-state index contributed by atoms with van der Waals surface area (Å²) in [4.78, 5) is 23.2. The summed E-state index contributed by atoms with van der Waals surface area (Å²) in [5.74, 6) is -1.14. The number of benzene rings is 2. The van der Waals surface area contributed by atoms with Crippen molar-refractivity contribution >= 4 is 35.2 Å². The van der Waals surface area contributed by atoms with Crippen molar-refractivity contribution in [2.24, 2.45) is 0 Å². The van der Waals surface area contributed by atoms with Gasteiger partial charge in [-0.05, 0) is 43.2 Å². The largest absolute Gasteiger partial charge is 0.481 e. The number of halogens is 1. The van der Waals surface area contributed by atoms with E-state index >= 15 is 0 Å². The van der Waals surface area contributed by atoms with Gasteiger partial charge in [-0.3, -0.25) is 14.3 Å². The van der Waals surface area contributed by atoms with E-state index in [1.165, 1.54) is 6.08 Å². The summed E-state index contributed by atoms with van der Waals surface area (Å²) < 4.78 is 1.75. The van der Waals surface area contributed by atoms with Gasteiger partial charge in [0, 0.05) is 28.0 Å². The predicted octanol–water partition coefficient (Wildman–Crippen LogP) is 4.48. The fourth-order valence-corrected chi connectivity index (χ4v) is 3.37. The fraction of sp³-hybridized carbons (Fsp3) is 0.174. The lowest BCUT2D eigenvalue weighted by molar-refractivity contribution is -0.136. The third-order valence-corrected chi connectivity index (χ3v) is 5.08. The molecule has 7 heteroatoms. The zero-order valence-corrected chi connectivity index (χ0v) is 17.5. The number of carbonyl (C=O) groups excluding carboxylic acids is 1. The molecule has 154 valence electrons. The van der Waals surface area contributed by atoms with Crippen molar-refractivity contribution in [3.8, 4) is 0 Å². The van der Waals surface area contributed by atoms with Crippen LogP contribution in [0.15, 0.2) is 54.6 Å². The lowest BCUT2D eigenvalue weighted by Crippen LogP contribution is -2.09. The van der Waals surface area contributed by atoms with Gasteiger partial charge in [0.25, 0.3) is 0 Å². The molecule has 0 bridgehead atoms. The van der Waals surface area contributed by atoms with Crippen molar-refractivity contribution < 1.29 is 14.7 Å². The number of aliphatic carboxylic acids is 1. The average molecular weight is 424 g/mol. The second kappa shape index (κ2) is 9.41. The summed E-state index contributed by atoms with van der Waals surface area (Å²) in [6, 6.07) is 14.8. The van der Waals surface area contributed by atoms with Crippen molar-refractivity contribution in [2.75, 3.05) is 5.32 Å². The first kappa shape index (κ1) is 21.3. The average Bonchev–Trinajstić information content (AvgIpc) is 2.96. The van der Waals surface area contributed by atoms with E-state index in [1.807, 2.05) is 43.3 Å². The van der Waals surface area contributed by atoms with Gasteiger partial charge >= 0.3 is 5.97 Å². The number of aromatic nitrogens is 2. The second-order valence-electron chi connectivity index (χ2n) is 6.92. The van der Waals surface area contributed by atoms with Crippen molar-refractivity contribution in [1.82, 2.24) is 9.78 Å². The van der Waals surface area contributed by atoms with Crippen LogP contribution < -0.4 is 5.32 Å². The fourth-order valence-electron chi connectivity index (χ4n) is 3.13. The summed E-state index contributed by atoms with van der Waals surface area (Å²) in [7, 11) is 0. The van der Waals surface area contributed by atoms with Crippen LogP contribution in [0.25, 0.3) is 6.08 Å².